The molecule has 2 aromatic carbocycles. The molecule has 3 rings (SSSR count). The van der Waals surface area contributed by atoms with E-state index in [0.29, 0.717) is 27.9 Å². The number of methoxy groups -OCH3 is 1. The number of benzene rings is 2. The van der Waals surface area contributed by atoms with E-state index in [4.69, 9.17) is 32.7 Å². The van der Waals surface area contributed by atoms with E-state index in [9.17, 15) is 14.7 Å². The first kappa shape index (κ1) is 27.1. The molecule has 8 nitrogen and oxygen atoms in total. The largest absolute Gasteiger partial charge is 0.490 e. The van der Waals surface area contributed by atoms with E-state index in [1.807, 2.05) is 13.0 Å². The first-order valence-corrected chi connectivity index (χ1v) is 12.1. The molecule has 1 heterocycles. The van der Waals surface area contributed by atoms with Gasteiger partial charge >= 0.3 is 5.97 Å². The Morgan fingerprint density at radius 3 is 2.66 bits per heavy atom. The van der Waals surface area contributed by atoms with Gasteiger partial charge in [0.15, 0.2) is 6.61 Å². The monoisotopic (exact) mass is 524 g/mol. The van der Waals surface area contributed by atoms with Gasteiger partial charge in [-0.2, -0.15) is 0 Å². The Morgan fingerprint density at radius 2 is 1.94 bits per heavy atom. The average molecular weight is 525 g/mol. The van der Waals surface area contributed by atoms with E-state index in [2.05, 4.69) is 15.0 Å². The molecule has 1 saturated heterocycles. The fraction of sp³-hybridized carbons (Fsp3) is 0.440. The van der Waals surface area contributed by atoms with Crippen molar-refractivity contribution in [2.75, 3.05) is 39.9 Å². The van der Waals surface area contributed by atoms with Crippen LogP contribution in [0, 0.1) is 6.92 Å². The molecule has 0 unspecified atom stereocenters. The summed E-state index contributed by atoms with van der Waals surface area (Å²) in [6.07, 6.45) is 0.986. The Hall–Kier alpha value is -2.52. The van der Waals surface area contributed by atoms with Gasteiger partial charge in [0.25, 0.3) is 5.91 Å². The molecular formula is C25H30Cl2N2O6. The molecule has 1 amide bonds. The predicted octanol–water partition coefficient (Wildman–Crippen LogP) is 3.49. The number of hydrogen-bond acceptors (Lipinski definition) is 7. The second kappa shape index (κ2) is 13.0. The minimum absolute atomic E-state index is 0.0638. The normalized spacial score (nSPS) is 15.3. The SMILES string of the molecule is COC(=O)c1cccc(OCC(=O)NC[C@@H](O)CN2CCC(Oc3ccc(Cl)c(Cl)c3C)CC2)c1. The molecule has 10 heteroatoms. The molecular weight excluding hydrogens is 495 g/mol. The Labute approximate surface area is 215 Å². The fourth-order valence-electron chi connectivity index (χ4n) is 3.78. The van der Waals surface area contributed by atoms with E-state index in [1.54, 1.807) is 24.3 Å². The van der Waals surface area contributed by atoms with Crippen LogP contribution in [0.2, 0.25) is 10.0 Å². The number of nitrogens with zero attached hydrogens (tertiary/aromatic N) is 1. The van der Waals surface area contributed by atoms with Gasteiger partial charge in [-0.25, -0.2) is 4.79 Å². The van der Waals surface area contributed by atoms with Gasteiger partial charge in [-0.05, 0) is 50.1 Å². The molecule has 2 N–H and O–H groups in total. The van der Waals surface area contributed by atoms with Gasteiger partial charge in [0.1, 0.15) is 17.6 Å². The first-order valence-electron chi connectivity index (χ1n) is 11.4. The lowest BCUT2D eigenvalue weighted by atomic mass is 10.1. The number of halogens is 2. The molecule has 1 atom stereocenters. The standard InChI is InChI=1S/C25H30Cl2N2O6/c1-16-22(7-6-21(26)24(16)27)35-19-8-10-29(11-9-19)14-18(30)13-28-23(31)15-34-20-5-3-4-17(12-20)25(32)33-2/h3-7,12,18-19,30H,8-11,13-15H2,1-2H3,(H,28,31)/t18-/m1/s1. The van der Waals surface area contributed by atoms with Crippen molar-refractivity contribution in [2.24, 2.45) is 0 Å². The van der Waals surface area contributed by atoms with Crippen LogP contribution < -0.4 is 14.8 Å². The van der Waals surface area contributed by atoms with Gasteiger partial charge in [0, 0.05) is 31.7 Å². The fourth-order valence-corrected chi connectivity index (χ4v) is 4.14. The Kier molecular flexibility index (Phi) is 10.0. The van der Waals surface area contributed by atoms with Gasteiger partial charge in [0.05, 0.1) is 28.8 Å². The molecule has 0 saturated carbocycles. The topological polar surface area (TPSA) is 97.3 Å². The first-order chi connectivity index (χ1) is 16.8. The highest BCUT2D eigenvalue weighted by atomic mass is 35.5. The van der Waals surface area contributed by atoms with Crippen molar-refractivity contribution in [3.8, 4) is 11.5 Å². The van der Waals surface area contributed by atoms with Crippen LogP contribution in [-0.4, -0.2) is 74.0 Å². The van der Waals surface area contributed by atoms with Crippen LogP contribution in [0.4, 0.5) is 0 Å². The minimum atomic E-state index is -0.712. The number of aliphatic hydroxyl groups excluding tert-OH is 1. The molecule has 0 radical (unpaired) electrons. The lowest BCUT2D eigenvalue weighted by molar-refractivity contribution is -0.123. The van der Waals surface area contributed by atoms with Crippen molar-refractivity contribution in [1.29, 1.82) is 0 Å². The Balaban J connectivity index is 1.35. The summed E-state index contributed by atoms with van der Waals surface area (Å²) in [5, 5.41) is 14.0. The van der Waals surface area contributed by atoms with Crippen LogP contribution >= 0.6 is 23.2 Å². The number of hydrogen-bond donors (Lipinski definition) is 2. The molecule has 35 heavy (non-hydrogen) atoms. The molecule has 0 bridgehead atoms. The number of ether oxygens (including phenoxy) is 3. The second-order valence-electron chi connectivity index (χ2n) is 8.37. The van der Waals surface area contributed by atoms with Crippen LogP contribution in [0.25, 0.3) is 0 Å². The minimum Gasteiger partial charge on any atom is -0.490 e. The number of aliphatic hydroxyl groups is 1. The Morgan fingerprint density at radius 1 is 1.20 bits per heavy atom. The van der Waals surface area contributed by atoms with E-state index in [-0.39, 0.29) is 25.2 Å². The maximum absolute atomic E-state index is 12.1. The number of likely N-dealkylation sites (tertiary alicyclic amines) is 1. The van der Waals surface area contributed by atoms with Gasteiger partial charge in [0.2, 0.25) is 0 Å². The van der Waals surface area contributed by atoms with Gasteiger partial charge < -0.3 is 29.5 Å². The quantitative estimate of drug-likeness (QED) is 0.459. The highest BCUT2D eigenvalue weighted by Crippen LogP contribution is 2.33. The lowest BCUT2D eigenvalue weighted by Crippen LogP contribution is -2.45. The number of carbonyl (C=O) groups is 2. The summed E-state index contributed by atoms with van der Waals surface area (Å²) in [7, 11) is 1.29. The van der Waals surface area contributed by atoms with Crippen LogP contribution in [0.5, 0.6) is 11.5 Å². The summed E-state index contributed by atoms with van der Waals surface area (Å²) in [6.45, 7) is 3.76. The molecule has 1 aliphatic heterocycles. The van der Waals surface area contributed by atoms with E-state index in [0.717, 1.165) is 37.2 Å². The van der Waals surface area contributed by atoms with Gasteiger partial charge in [-0.3, -0.25) is 4.79 Å². The van der Waals surface area contributed by atoms with Crippen LogP contribution in [0.1, 0.15) is 28.8 Å². The van der Waals surface area contributed by atoms with Crippen molar-refractivity contribution < 1.29 is 28.9 Å². The number of carbonyl (C=O) groups excluding carboxylic acids is 2. The van der Waals surface area contributed by atoms with Crippen molar-refractivity contribution in [3.05, 3.63) is 57.6 Å². The zero-order valence-corrected chi connectivity index (χ0v) is 21.3. The zero-order chi connectivity index (χ0) is 25.4. The average Bonchev–Trinajstić information content (AvgIpc) is 2.87. The highest BCUT2D eigenvalue weighted by Gasteiger charge is 2.23. The summed E-state index contributed by atoms with van der Waals surface area (Å²) in [5.41, 5.74) is 1.16. The smallest absolute Gasteiger partial charge is 0.337 e. The van der Waals surface area contributed by atoms with Crippen molar-refractivity contribution in [3.63, 3.8) is 0 Å². The van der Waals surface area contributed by atoms with Gasteiger partial charge in [-0.15, -0.1) is 0 Å². The summed E-state index contributed by atoms with van der Waals surface area (Å²) in [5.74, 6) is 0.268. The maximum atomic E-state index is 12.1. The van der Waals surface area contributed by atoms with Gasteiger partial charge in [-0.1, -0.05) is 29.3 Å². The lowest BCUT2D eigenvalue weighted by Gasteiger charge is -2.33. The number of piperidine rings is 1. The number of esters is 1. The highest BCUT2D eigenvalue weighted by molar-refractivity contribution is 6.42. The summed E-state index contributed by atoms with van der Waals surface area (Å²) in [6, 6.07) is 9.95. The predicted molar refractivity (Wildman–Crippen MR) is 134 cm³/mol. The Bertz CT molecular complexity index is 1030. The third kappa shape index (κ3) is 8.00. The van der Waals surface area contributed by atoms with Crippen LogP contribution in [0.15, 0.2) is 36.4 Å². The zero-order valence-electron chi connectivity index (χ0n) is 19.8. The van der Waals surface area contributed by atoms with E-state index < -0.39 is 12.1 Å². The summed E-state index contributed by atoms with van der Waals surface area (Å²) in [4.78, 5) is 25.8. The number of nitrogens with one attached hydrogen (secondary N) is 1. The molecule has 190 valence electrons. The molecule has 0 aliphatic carbocycles. The second-order valence-corrected chi connectivity index (χ2v) is 9.15. The molecule has 0 spiro atoms. The van der Waals surface area contributed by atoms with Crippen molar-refractivity contribution >= 4 is 35.1 Å². The van der Waals surface area contributed by atoms with E-state index >= 15 is 0 Å². The molecule has 1 aliphatic rings. The third-order valence-corrected chi connectivity index (χ3v) is 6.65. The molecule has 0 aromatic heterocycles. The van der Waals surface area contributed by atoms with Crippen molar-refractivity contribution in [1.82, 2.24) is 10.2 Å². The molecule has 1 fully saturated rings. The van der Waals surface area contributed by atoms with Crippen molar-refractivity contribution in [2.45, 2.75) is 32.0 Å². The number of β-amino-alcohol motifs (C(OH)–C–C–N with tert-alkyl or cyclic N) is 1. The van der Waals surface area contributed by atoms with Crippen LogP contribution in [-0.2, 0) is 9.53 Å². The summed E-state index contributed by atoms with van der Waals surface area (Å²) < 4.78 is 16.2. The van der Waals surface area contributed by atoms with E-state index in [1.165, 1.54) is 13.2 Å². The third-order valence-electron chi connectivity index (χ3n) is 5.75. The molecule has 2 aromatic rings. The van der Waals surface area contributed by atoms with Crippen LogP contribution in [0.3, 0.4) is 0 Å². The summed E-state index contributed by atoms with van der Waals surface area (Å²) >= 11 is 12.2. The maximum Gasteiger partial charge on any atom is 0.337 e. The number of amides is 1. The number of rotatable bonds is 10.